The van der Waals surface area contributed by atoms with E-state index in [0.29, 0.717) is 17.8 Å². The van der Waals surface area contributed by atoms with Gasteiger partial charge < -0.3 is 0 Å². The minimum absolute atomic E-state index is 0.151. The van der Waals surface area contributed by atoms with Crippen LogP contribution in [0.15, 0.2) is 21.0 Å². The van der Waals surface area contributed by atoms with Crippen LogP contribution in [0, 0.1) is 0 Å². The lowest BCUT2D eigenvalue weighted by Crippen LogP contribution is -2.39. The molecule has 86 valence electrons. The van der Waals surface area contributed by atoms with Gasteiger partial charge >= 0.3 is 5.69 Å². The molecule has 0 aromatic carbocycles. The molecule has 0 amide bonds. The number of rotatable bonds is 3. The fraction of sp³-hybridized carbons (Fsp3) is 0.455. The topological polar surface area (TPSA) is 44.0 Å². The molecule has 4 nitrogen and oxygen atoms in total. The lowest BCUT2D eigenvalue weighted by Gasteiger charge is -2.08. The van der Waals surface area contributed by atoms with Crippen molar-refractivity contribution in [3.8, 4) is 0 Å². The van der Waals surface area contributed by atoms with Gasteiger partial charge in [-0.15, -0.1) is 11.3 Å². The smallest absolute Gasteiger partial charge is 0.293 e. The van der Waals surface area contributed by atoms with Crippen molar-refractivity contribution in [3.05, 3.63) is 32.3 Å². The summed E-state index contributed by atoms with van der Waals surface area (Å²) < 4.78 is 3.67. The normalized spacial score (nSPS) is 11.1. The van der Waals surface area contributed by atoms with Crippen LogP contribution in [0.3, 0.4) is 0 Å². The Labute approximate surface area is 96.8 Å². The molecule has 16 heavy (non-hydrogen) atoms. The number of nitrogens with zero attached hydrogens (tertiary/aromatic N) is 2. The molecule has 0 spiro atoms. The van der Waals surface area contributed by atoms with Crippen LogP contribution in [0.5, 0.6) is 0 Å². The van der Waals surface area contributed by atoms with Gasteiger partial charge in [-0.25, -0.2) is 4.79 Å². The molecule has 5 heteroatoms. The van der Waals surface area contributed by atoms with Gasteiger partial charge in [0.25, 0.3) is 5.56 Å². The molecule has 2 aromatic heterocycles. The third kappa shape index (κ3) is 1.51. The molecule has 2 heterocycles. The Kier molecular flexibility index (Phi) is 2.96. The molecule has 0 radical (unpaired) electrons. The van der Waals surface area contributed by atoms with Gasteiger partial charge in [0.1, 0.15) is 4.70 Å². The van der Waals surface area contributed by atoms with Crippen LogP contribution < -0.4 is 11.2 Å². The van der Waals surface area contributed by atoms with Gasteiger partial charge in [-0.1, -0.05) is 6.92 Å². The van der Waals surface area contributed by atoms with Crippen molar-refractivity contribution in [3.63, 3.8) is 0 Å². The number of aryl methyl sites for hydroxylation is 1. The van der Waals surface area contributed by atoms with Gasteiger partial charge in [0.05, 0.1) is 5.52 Å². The zero-order valence-corrected chi connectivity index (χ0v) is 10.2. The summed E-state index contributed by atoms with van der Waals surface area (Å²) in [7, 11) is 0. The van der Waals surface area contributed by atoms with E-state index in [4.69, 9.17) is 0 Å². The molecule has 0 saturated heterocycles. The average Bonchev–Trinajstić information content (AvgIpc) is 2.74. The van der Waals surface area contributed by atoms with Gasteiger partial charge in [0.15, 0.2) is 0 Å². The Morgan fingerprint density at radius 2 is 2.00 bits per heavy atom. The predicted octanol–water partition coefficient (Wildman–Crippen LogP) is 1.65. The van der Waals surface area contributed by atoms with E-state index in [1.807, 2.05) is 25.3 Å². The highest BCUT2D eigenvalue weighted by Crippen LogP contribution is 2.14. The van der Waals surface area contributed by atoms with E-state index in [0.717, 1.165) is 11.9 Å². The molecule has 0 atom stereocenters. The molecule has 0 aliphatic rings. The first-order valence-corrected chi connectivity index (χ1v) is 6.29. The fourth-order valence-electron chi connectivity index (χ4n) is 1.86. The van der Waals surface area contributed by atoms with E-state index in [9.17, 15) is 9.59 Å². The van der Waals surface area contributed by atoms with Crippen LogP contribution in [0.1, 0.15) is 20.3 Å². The van der Waals surface area contributed by atoms with Crippen LogP contribution in [0.25, 0.3) is 10.2 Å². The SMILES string of the molecule is CCCn1c(=O)c2sccc2n(CC)c1=O. The summed E-state index contributed by atoms with van der Waals surface area (Å²) in [5.74, 6) is 0. The van der Waals surface area contributed by atoms with E-state index >= 15 is 0 Å². The third-order valence-corrected chi connectivity index (χ3v) is 3.49. The molecule has 0 saturated carbocycles. The first-order chi connectivity index (χ1) is 7.70. The zero-order chi connectivity index (χ0) is 11.7. The molecule has 2 rings (SSSR count). The molecule has 0 N–H and O–H groups in total. The van der Waals surface area contributed by atoms with Crippen molar-refractivity contribution in [1.29, 1.82) is 0 Å². The van der Waals surface area contributed by atoms with Crippen molar-refractivity contribution in [1.82, 2.24) is 9.13 Å². The van der Waals surface area contributed by atoms with E-state index in [1.54, 1.807) is 4.57 Å². The number of aromatic nitrogens is 2. The lowest BCUT2D eigenvalue weighted by molar-refractivity contribution is 0.576. The molecule has 2 aromatic rings. The van der Waals surface area contributed by atoms with Crippen molar-refractivity contribution >= 4 is 21.6 Å². The monoisotopic (exact) mass is 238 g/mol. The highest BCUT2D eigenvalue weighted by Gasteiger charge is 2.11. The van der Waals surface area contributed by atoms with Gasteiger partial charge in [0.2, 0.25) is 0 Å². The second-order valence-electron chi connectivity index (χ2n) is 3.62. The second kappa shape index (κ2) is 4.25. The Morgan fingerprint density at radius 3 is 2.62 bits per heavy atom. The van der Waals surface area contributed by atoms with Gasteiger partial charge in [0, 0.05) is 13.1 Å². The molecular formula is C11H14N2O2S. The van der Waals surface area contributed by atoms with E-state index in [-0.39, 0.29) is 11.2 Å². The summed E-state index contributed by atoms with van der Waals surface area (Å²) >= 11 is 1.40. The Bertz CT molecular complexity index is 621. The molecule has 0 fully saturated rings. The Morgan fingerprint density at radius 1 is 1.25 bits per heavy atom. The summed E-state index contributed by atoms with van der Waals surface area (Å²) in [5.41, 5.74) is 0.414. The van der Waals surface area contributed by atoms with E-state index < -0.39 is 0 Å². The highest BCUT2D eigenvalue weighted by molar-refractivity contribution is 7.17. The standard InChI is InChI=1S/C11H14N2O2S/c1-3-6-13-10(14)9-8(5-7-16-9)12(4-2)11(13)15/h5,7H,3-4,6H2,1-2H3. The van der Waals surface area contributed by atoms with Gasteiger partial charge in [-0.2, -0.15) is 0 Å². The maximum Gasteiger partial charge on any atom is 0.331 e. The minimum atomic E-state index is -0.194. The fourth-order valence-corrected chi connectivity index (χ4v) is 2.70. The molecule has 0 bridgehead atoms. The summed E-state index contributed by atoms with van der Waals surface area (Å²) in [6.07, 6.45) is 0.787. The maximum absolute atomic E-state index is 12.1. The number of hydrogen-bond donors (Lipinski definition) is 0. The zero-order valence-electron chi connectivity index (χ0n) is 9.40. The number of fused-ring (bicyclic) bond motifs is 1. The summed E-state index contributed by atoms with van der Waals surface area (Å²) in [4.78, 5) is 24.1. The van der Waals surface area contributed by atoms with Crippen molar-refractivity contribution in [2.24, 2.45) is 0 Å². The van der Waals surface area contributed by atoms with Crippen LogP contribution in [-0.4, -0.2) is 9.13 Å². The highest BCUT2D eigenvalue weighted by atomic mass is 32.1. The summed E-state index contributed by atoms with van der Waals surface area (Å²) in [6.45, 7) is 4.96. The van der Waals surface area contributed by atoms with Crippen LogP contribution in [0.4, 0.5) is 0 Å². The van der Waals surface area contributed by atoms with E-state index in [1.165, 1.54) is 15.9 Å². The quantitative estimate of drug-likeness (QED) is 0.816. The number of thiophene rings is 1. The van der Waals surface area contributed by atoms with Crippen LogP contribution >= 0.6 is 11.3 Å². The van der Waals surface area contributed by atoms with Crippen molar-refractivity contribution < 1.29 is 0 Å². The van der Waals surface area contributed by atoms with Gasteiger partial charge in [-0.3, -0.25) is 13.9 Å². The Hall–Kier alpha value is -1.36. The third-order valence-electron chi connectivity index (χ3n) is 2.60. The predicted molar refractivity (Wildman–Crippen MR) is 66.3 cm³/mol. The first kappa shape index (κ1) is 11.1. The van der Waals surface area contributed by atoms with Crippen LogP contribution in [0.2, 0.25) is 0 Å². The molecular weight excluding hydrogens is 224 g/mol. The average molecular weight is 238 g/mol. The summed E-state index contributed by atoms with van der Waals surface area (Å²) in [5, 5.41) is 1.86. The van der Waals surface area contributed by atoms with Gasteiger partial charge in [-0.05, 0) is 24.8 Å². The Balaban J connectivity index is 2.91. The lowest BCUT2D eigenvalue weighted by atomic mass is 10.4. The molecule has 0 unspecified atom stereocenters. The largest absolute Gasteiger partial charge is 0.331 e. The maximum atomic E-state index is 12.1. The second-order valence-corrected chi connectivity index (χ2v) is 4.53. The summed E-state index contributed by atoms with van der Waals surface area (Å²) in [6, 6.07) is 1.84. The number of hydrogen-bond acceptors (Lipinski definition) is 3. The first-order valence-electron chi connectivity index (χ1n) is 5.41. The molecule has 0 aliphatic carbocycles. The van der Waals surface area contributed by atoms with Crippen molar-refractivity contribution in [2.75, 3.05) is 0 Å². The molecule has 0 aliphatic heterocycles. The van der Waals surface area contributed by atoms with Crippen molar-refractivity contribution in [2.45, 2.75) is 33.4 Å². The minimum Gasteiger partial charge on any atom is -0.293 e. The van der Waals surface area contributed by atoms with E-state index in [2.05, 4.69) is 0 Å². The van der Waals surface area contributed by atoms with Crippen LogP contribution in [-0.2, 0) is 13.1 Å².